The molecule has 1 aromatic rings. The van der Waals surface area contributed by atoms with E-state index in [2.05, 4.69) is 0 Å². The number of hydrogen-bond donors (Lipinski definition) is 1. The van der Waals surface area contributed by atoms with Crippen molar-refractivity contribution in [1.82, 2.24) is 0 Å². The van der Waals surface area contributed by atoms with Crippen LogP contribution in [-0.2, 0) is 11.2 Å². The topological polar surface area (TPSA) is 37.3 Å². The first-order valence-corrected chi connectivity index (χ1v) is 8.43. The van der Waals surface area contributed by atoms with Crippen LogP contribution in [0.2, 0.25) is 4.82 Å². The summed E-state index contributed by atoms with van der Waals surface area (Å²) < 4.78 is 0.330. The van der Waals surface area contributed by atoms with Gasteiger partial charge in [-0.3, -0.25) is 0 Å². The molecule has 1 fully saturated rings. The van der Waals surface area contributed by atoms with Crippen molar-refractivity contribution >= 4 is 31.0 Å². The van der Waals surface area contributed by atoms with Gasteiger partial charge in [-0.1, -0.05) is 0 Å². The molecular formula is C12H16O2SSe. The first-order valence-electron chi connectivity index (χ1n) is 5.64. The summed E-state index contributed by atoms with van der Waals surface area (Å²) in [6, 6.07) is 2.01. The fraction of sp³-hybridized carbons (Fsp3) is 0.583. The van der Waals surface area contributed by atoms with Gasteiger partial charge in [0.1, 0.15) is 0 Å². The number of rotatable bonds is 4. The number of carbonyl (C=O) groups excluding carboxylic acids is 1. The maximum atomic E-state index is 11.8. The normalized spacial score (nSPS) is 25.6. The second kappa shape index (κ2) is 5.97. The summed E-state index contributed by atoms with van der Waals surface area (Å²) in [6.07, 6.45) is 4.56. The molecule has 0 bridgehead atoms. The number of aliphatic hydroxyl groups excluding tert-OH is 1. The standard InChI is InChI=1S/C12H16O2SSe/c13-10-3-1-2-4-11(10)16-12(14)7-9-5-6-15-8-9/h5-6,8,10-11,13H,1-4,7H2. The predicted octanol–water partition coefficient (Wildman–Crippen LogP) is 2.24. The number of carbonyl (C=O) groups is 1. The molecule has 1 saturated carbocycles. The third kappa shape index (κ3) is 3.42. The summed E-state index contributed by atoms with van der Waals surface area (Å²) >= 11 is 1.59. The van der Waals surface area contributed by atoms with Crippen molar-refractivity contribution in [2.24, 2.45) is 0 Å². The molecule has 2 nitrogen and oxygen atoms in total. The average Bonchev–Trinajstić information content (AvgIpc) is 2.74. The zero-order valence-corrected chi connectivity index (χ0v) is 11.6. The van der Waals surface area contributed by atoms with Crippen LogP contribution in [0.3, 0.4) is 0 Å². The maximum absolute atomic E-state index is 11.8. The van der Waals surface area contributed by atoms with Gasteiger partial charge < -0.3 is 0 Å². The van der Waals surface area contributed by atoms with Crippen LogP contribution in [0.1, 0.15) is 31.2 Å². The molecule has 4 heteroatoms. The van der Waals surface area contributed by atoms with Crippen molar-refractivity contribution < 1.29 is 9.90 Å². The van der Waals surface area contributed by atoms with E-state index in [4.69, 9.17) is 0 Å². The van der Waals surface area contributed by atoms with Crippen molar-refractivity contribution in [1.29, 1.82) is 0 Å². The van der Waals surface area contributed by atoms with E-state index in [1.807, 2.05) is 16.8 Å². The summed E-state index contributed by atoms with van der Waals surface area (Å²) in [5, 5.41) is 13.8. The van der Waals surface area contributed by atoms with Gasteiger partial charge in [-0.25, -0.2) is 0 Å². The van der Waals surface area contributed by atoms with Crippen molar-refractivity contribution in [3.8, 4) is 0 Å². The van der Waals surface area contributed by atoms with Crippen molar-refractivity contribution in [2.45, 2.75) is 43.0 Å². The van der Waals surface area contributed by atoms with Crippen LogP contribution in [-0.4, -0.2) is 30.8 Å². The molecule has 0 amide bonds. The molecule has 1 aliphatic rings. The molecule has 0 radical (unpaired) electrons. The molecule has 16 heavy (non-hydrogen) atoms. The number of thiophene rings is 1. The summed E-state index contributed by atoms with van der Waals surface area (Å²) in [7, 11) is 0. The van der Waals surface area contributed by atoms with Crippen LogP contribution in [0.5, 0.6) is 0 Å². The monoisotopic (exact) mass is 304 g/mol. The minimum atomic E-state index is -0.222. The first kappa shape index (κ1) is 12.3. The predicted molar refractivity (Wildman–Crippen MR) is 67.0 cm³/mol. The third-order valence-electron chi connectivity index (χ3n) is 2.88. The molecule has 0 aliphatic heterocycles. The van der Waals surface area contributed by atoms with Gasteiger partial charge in [-0.15, -0.1) is 0 Å². The van der Waals surface area contributed by atoms with E-state index in [9.17, 15) is 9.90 Å². The zero-order valence-electron chi connectivity index (χ0n) is 9.09. The fourth-order valence-electron chi connectivity index (χ4n) is 1.99. The van der Waals surface area contributed by atoms with E-state index >= 15 is 0 Å². The number of hydrogen-bond acceptors (Lipinski definition) is 3. The van der Waals surface area contributed by atoms with E-state index < -0.39 is 0 Å². The molecule has 2 rings (SSSR count). The van der Waals surface area contributed by atoms with E-state index in [1.165, 1.54) is 6.42 Å². The van der Waals surface area contributed by atoms with Crippen LogP contribution in [0.4, 0.5) is 0 Å². The Kier molecular flexibility index (Phi) is 4.59. The Morgan fingerprint density at radius 3 is 3.00 bits per heavy atom. The first-order chi connectivity index (χ1) is 7.75. The molecule has 2 unspecified atom stereocenters. The van der Waals surface area contributed by atoms with Crippen LogP contribution < -0.4 is 0 Å². The molecule has 1 aliphatic carbocycles. The Labute approximate surface area is 106 Å². The van der Waals surface area contributed by atoms with Gasteiger partial charge in [0.25, 0.3) is 0 Å². The summed E-state index contributed by atoms with van der Waals surface area (Å²) in [6.45, 7) is 0. The van der Waals surface area contributed by atoms with Crippen LogP contribution in [0.15, 0.2) is 16.8 Å². The third-order valence-corrected chi connectivity index (χ3v) is 6.25. The molecule has 1 heterocycles. The fourth-order valence-corrected chi connectivity index (χ4v) is 5.10. The molecule has 0 saturated heterocycles. The second-order valence-electron chi connectivity index (χ2n) is 4.19. The van der Waals surface area contributed by atoms with E-state index in [-0.39, 0.29) is 25.9 Å². The van der Waals surface area contributed by atoms with Crippen molar-refractivity contribution in [3.63, 3.8) is 0 Å². The Hall–Kier alpha value is -0.151. The Morgan fingerprint density at radius 1 is 1.50 bits per heavy atom. The zero-order chi connectivity index (χ0) is 11.4. The van der Waals surface area contributed by atoms with Gasteiger partial charge in [-0.2, -0.15) is 0 Å². The molecule has 2 atom stereocenters. The van der Waals surface area contributed by atoms with E-state index in [0.717, 1.165) is 24.8 Å². The van der Waals surface area contributed by atoms with Gasteiger partial charge in [0.15, 0.2) is 0 Å². The van der Waals surface area contributed by atoms with E-state index in [0.29, 0.717) is 11.1 Å². The molecule has 0 aromatic carbocycles. The van der Waals surface area contributed by atoms with Crippen molar-refractivity contribution in [2.75, 3.05) is 0 Å². The summed E-state index contributed by atoms with van der Waals surface area (Å²) in [4.78, 5) is 12.1. The molecule has 1 N–H and O–H groups in total. The van der Waals surface area contributed by atoms with Crippen LogP contribution in [0.25, 0.3) is 0 Å². The Bertz CT molecular complexity index is 337. The Balaban J connectivity index is 1.82. The molecule has 88 valence electrons. The van der Waals surface area contributed by atoms with Crippen molar-refractivity contribution in [3.05, 3.63) is 22.4 Å². The second-order valence-corrected chi connectivity index (χ2v) is 7.69. The van der Waals surface area contributed by atoms with Gasteiger partial charge in [0, 0.05) is 0 Å². The van der Waals surface area contributed by atoms with E-state index in [1.54, 1.807) is 11.3 Å². The van der Waals surface area contributed by atoms with Crippen LogP contribution in [0, 0.1) is 0 Å². The Morgan fingerprint density at radius 2 is 2.31 bits per heavy atom. The molecule has 1 aromatic heterocycles. The molecular weight excluding hydrogens is 287 g/mol. The average molecular weight is 303 g/mol. The summed E-state index contributed by atoms with van der Waals surface area (Å²) in [5.41, 5.74) is 1.13. The SMILES string of the molecule is O=C(Cc1ccsc1)[Se]C1CCCCC1O. The van der Waals surface area contributed by atoms with Gasteiger partial charge >= 0.3 is 106 Å². The van der Waals surface area contributed by atoms with Crippen LogP contribution >= 0.6 is 11.3 Å². The minimum absolute atomic E-state index is 0.0399. The number of aliphatic hydroxyl groups is 1. The molecule has 0 spiro atoms. The quantitative estimate of drug-likeness (QED) is 0.866. The summed E-state index contributed by atoms with van der Waals surface area (Å²) in [5.74, 6) is 0. The van der Waals surface area contributed by atoms with Gasteiger partial charge in [0.2, 0.25) is 0 Å². The van der Waals surface area contributed by atoms with Gasteiger partial charge in [-0.05, 0) is 0 Å². The van der Waals surface area contributed by atoms with Gasteiger partial charge in [0.05, 0.1) is 0 Å².